The van der Waals surface area contributed by atoms with Crippen molar-refractivity contribution in [1.82, 2.24) is 29.1 Å². The number of nitrogens with one attached hydrogen (secondary N) is 1. The molecule has 13 nitrogen and oxygen atoms in total. The van der Waals surface area contributed by atoms with E-state index in [4.69, 9.17) is 1.37 Å². The Morgan fingerprint density at radius 1 is 0.610 bits per heavy atom. The van der Waals surface area contributed by atoms with Crippen LogP contribution in [-0.4, -0.2) is 102 Å². The van der Waals surface area contributed by atoms with Crippen LogP contribution >= 0.6 is 31.9 Å². The minimum Gasteiger partial charge on any atom is -0.368 e. The zero-order chi connectivity index (χ0) is 43.2. The first-order valence-electron chi connectivity index (χ1n) is 19.5. The van der Waals surface area contributed by atoms with Crippen molar-refractivity contribution in [2.45, 2.75) is 19.9 Å². The molecule has 1 N–H and O–H groups in total. The Bertz CT molecular complexity index is 2340. The molecule has 2 saturated heterocycles. The van der Waals surface area contributed by atoms with Gasteiger partial charge in [0.2, 0.25) is 0 Å². The number of carbonyl (C=O) groups excluding carboxylic acids is 1. The first kappa shape index (κ1) is 43.0. The summed E-state index contributed by atoms with van der Waals surface area (Å²) >= 11 is 6.96. The number of aromatic nitrogens is 6. The Hall–Kier alpha value is -5.55. The molecule has 0 radical (unpaired) electrons. The normalized spacial score (nSPS) is 14.5. The molecular formula is C42H48Br2F2N10O3. The van der Waals surface area contributed by atoms with Gasteiger partial charge in [0, 0.05) is 84.1 Å². The zero-order valence-corrected chi connectivity index (χ0v) is 36.3. The van der Waals surface area contributed by atoms with Crippen LogP contribution in [0.3, 0.4) is 0 Å². The van der Waals surface area contributed by atoms with Gasteiger partial charge in [0.15, 0.2) is 5.78 Å². The summed E-state index contributed by atoms with van der Waals surface area (Å²) in [6.07, 6.45) is 2.96. The van der Waals surface area contributed by atoms with Gasteiger partial charge >= 0.3 is 11.4 Å². The van der Waals surface area contributed by atoms with Crippen molar-refractivity contribution >= 4 is 60.4 Å². The van der Waals surface area contributed by atoms with Crippen LogP contribution in [0.5, 0.6) is 0 Å². The van der Waals surface area contributed by atoms with E-state index >= 15 is 0 Å². The highest BCUT2D eigenvalue weighted by atomic mass is 79.9. The summed E-state index contributed by atoms with van der Waals surface area (Å²) < 4.78 is 31.4. The maximum atomic E-state index is 12.6. The number of aromatic amines is 1. The van der Waals surface area contributed by atoms with Crippen molar-refractivity contribution in [1.29, 1.82) is 0 Å². The average Bonchev–Trinajstić information content (AvgIpc) is 3.90. The molecule has 17 heteroatoms. The van der Waals surface area contributed by atoms with Crippen LogP contribution in [0, 0.1) is 0 Å². The van der Waals surface area contributed by atoms with Gasteiger partial charge < -0.3 is 19.6 Å². The smallest absolute Gasteiger partial charge is 0.351 e. The van der Waals surface area contributed by atoms with Crippen LogP contribution in [0.25, 0.3) is 11.4 Å². The molecule has 312 valence electrons. The molecule has 8 rings (SSSR count). The van der Waals surface area contributed by atoms with Gasteiger partial charge in [0.05, 0.1) is 27.1 Å². The molecule has 2 aromatic heterocycles. The maximum absolute atomic E-state index is 12.6. The Balaban J connectivity index is 0.000000208. The van der Waals surface area contributed by atoms with E-state index in [2.05, 4.69) is 127 Å². The second kappa shape index (κ2) is 21.5. The molecule has 6 aromatic rings. The maximum Gasteiger partial charge on any atom is 0.351 e. The first-order valence-corrected chi connectivity index (χ1v) is 20.4. The molecule has 0 bridgehead atoms. The predicted octanol–water partition coefficient (Wildman–Crippen LogP) is 7.09. The predicted molar refractivity (Wildman–Crippen MR) is 239 cm³/mol. The van der Waals surface area contributed by atoms with E-state index in [1.807, 2.05) is 36.4 Å². The molecule has 0 spiro atoms. The van der Waals surface area contributed by atoms with Crippen molar-refractivity contribution in [2.75, 3.05) is 86.3 Å². The van der Waals surface area contributed by atoms with Crippen molar-refractivity contribution in [3.63, 3.8) is 0 Å². The summed E-state index contributed by atoms with van der Waals surface area (Å²) in [7, 11) is -0.500. The van der Waals surface area contributed by atoms with Gasteiger partial charge in [-0.3, -0.25) is 13.6 Å². The summed E-state index contributed by atoms with van der Waals surface area (Å²) in [6.45, 7) is 10.8. The van der Waals surface area contributed by atoms with Crippen molar-refractivity contribution in [2.24, 2.45) is 0 Å². The number of halogens is 4. The quantitative estimate of drug-likeness (QED) is 0.171. The van der Waals surface area contributed by atoms with Crippen LogP contribution in [0.1, 0.15) is 21.3 Å². The number of Topliss-reactive ketones (excluding diaryl/α,β-unsaturated/α-hetero) is 1. The number of benzene rings is 4. The molecule has 0 amide bonds. The van der Waals surface area contributed by atoms with Crippen LogP contribution in [0.2, 0.25) is 0 Å². The van der Waals surface area contributed by atoms with Crippen LogP contribution in [0.4, 0.5) is 31.5 Å². The average molecular weight is 940 g/mol. The Morgan fingerprint density at radius 2 is 0.932 bits per heavy atom. The second-order valence-electron chi connectivity index (χ2n) is 13.5. The van der Waals surface area contributed by atoms with Gasteiger partial charge in [-0.25, -0.2) is 28.5 Å². The number of piperazine rings is 2. The van der Waals surface area contributed by atoms with Crippen LogP contribution < -0.4 is 31.0 Å². The molecule has 59 heavy (non-hydrogen) atoms. The molecule has 4 heterocycles. The standard InChI is InChI=1S/C22H24BrN5O2.C18H18BrN5O.2CH3F/c1-16(17(2)29)28-22(30)27(15-24-28)21-9-7-20(8-10-21)26-13-11-25(12-14-26)19-5-3-18(23)4-6-19;19-14-1-3-15(4-2-14)22-9-11-23(12-10-22)16-5-7-17(8-6-16)24-13-20-21-18(24)25;2*1-2/h3-10,15-16H,11-14H2,1-2H3;1-8,13H,9-12H2,(H,21,25);2*1H3/i;;1D;. The molecule has 0 saturated carbocycles. The van der Waals surface area contributed by atoms with Crippen LogP contribution in [-0.2, 0) is 4.79 Å². The van der Waals surface area contributed by atoms with E-state index in [1.165, 1.54) is 50.5 Å². The number of hydrogen-bond acceptors (Lipinski definition) is 9. The van der Waals surface area contributed by atoms with E-state index in [0.717, 1.165) is 78.4 Å². The number of alkyl halides is 2. The number of ketones is 1. The highest BCUT2D eigenvalue weighted by molar-refractivity contribution is 9.10. The lowest BCUT2D eigenvalue weighted by Gasteiger charge is -2.37. The fourth-order valence-corrected chi connectivity index (χ4v) is 7.29. The summed E-state index contributed by atoms with van der Waals surface area (Å²) in [6, 6.07) is 32.2. The third-order valence-electron chi connectivity index (χ3n) is 10.1. The van der Waals surface area contributed by atoms with Crippen molar-refractivity contribution < 1.29 is 14.9 Å². The van der Waals surface area contributed by atoms with Gasteiger partial charge in [0.1, 0.15) is 18.7 Å². The molecule has 1 unspecified atom stereocenters. The number of hydrogen-bond donors (Lipinski definition) is 1. The Labute approximate surface area is 360 Å². The fourth-order valence-electron chi connectivity index (χ4n) is 6.76. The molecule has 0 aliphatic carbocycles. The number of carbonyl (C=O) groups is 1. The first-order chi connectivity index (χ1) is 29.1. The molecule has 2 aliphatic rings. The van der Waals surface area contributed by atoms with Crippen LogP contribution in [0.15, 0.2) is 128 Å². The topological polar surface area (TPSA) is 121 Å². The third-order valence-corrected chi connectivity index (χ3v) is 11.2. The molecule has 1 atom stereocenters. The lowest BCUT2D eigenvalue weighted by atomic mass is 10.2. The summed E-state index contributed by atoms with van der Waals surface area (Å²) in [4.78, 5) is 45.3. The lowest BCUT2D eigenvalue weighted by Crippen LogP contribution is -2.46. The highest BCUT2D eigenvalue weighted by Gasteiger charge is 2.20. The van der Waals surface area contributed by atoms with Gasteiger partial charge in [-0.1, -0.05) is 31.9 Å². The number of nitrogens with zero attached hydrogens (tertiary/aromatic N) is 9. The zero-order valence-electron chi connectivity index (χ0n) is 34.1. The van der Waals surface area contributed by atoms with Crippen molar-refractivity contribution in [3.8, 4) is 11.4 Å². The Morgan fingerprint density at radius 3 is 1.25 bits per heavy atom. The monoisotopic (exact) mass is 937 g/mol. The fraction of sp³-hybridized carbons (Fsp3) is 0.310. The number of anilines is 4. The minimum absolute atomic E-state index is 0.0972. The van der Waals surface area contributed by atoms with Crippen molar-refractivity contribution in [3.05, 3.63) is 140 Å². The Kier molecular flexibility index (Phi) is 15.6. The molecular weight excluding hydrogens is 890 g/mol. The van der Waals surface area contributed by atoms with E-state index in [1.54, 1.807) is 6.92 Å². The highest BCUT2D eigenvalue weighted by Crippen LogP contribution is 2.25. The lowest BCUT2D eigenvalue weighted by molar-refractivity contribution is -0.120. The molecule has 2 fully saturated rings. The van der Waals surface area contributed by atoms with Gasteiger partial charge in [-0.2, -0.15) is 10.2 Å². The SMILES string of the molecule is CC(=O)C(C)n1ncn(-c2ccc(N3CCN(c4ccc(Br)cc4)CC3)cc2)c1=O.CF.O=c1[nH]ncn1-c1ccc(N2CCN(c3ccc(Br)cc3)CC2)cc1.[2H]CF. The van der Waals surface area contributed by atoms with Gasteiger partial charge in [0.25, 0.3) is 0 Å². The molecule has 4 aromatic carbocycles. The molecule has 2 aliphatic heterocycles. The second-order valence-corrected chi connectivity index (χ2v) is 15.3. The van der Waals surface area contributed by atoms with E-state index < -0.39 is 13.2 Å². The largest absolute Gasteiger partial charge is 0.368 e. The van der Waals surface area contributed by atoms with E-state index in [-0.39, 0.29) is 17.2 Å². The summed E-state index contributed by atoms with van der Waals surface area (Å²) in [5.74, 6) is -0.0972. The minimum atomic E-state index is -1.00. The summed E-state index contributed by atoms with van der Waals surface area (Å²) in [5, 5.41) is 10.3. The van der Waals surface area contributed by atoms with E-state index in [9.17, 15) is 23.2 Å². The number of rotatable bonds is 8. The number of H-pyrrole nitrogens is 1. The van der Waals surface area contributed by atoms with E-state index in [0.29, 0.717) is 7.18 Å². The summed E-state index contributed by atoms with van der Waals surface area (Å²) in [5.41, 5.74) is 5.82. The third kappa shape index (κ3) is 11.1. The van der Waals surface area contributed by atoms with Gasteiger partial charge in [-0.15, -0.1) is 0 Å². The van der Waals surface area contributed by atoms with Gasteiger partial charge in [-0.05, 0) is 111 Å².